The molecule has 1 rings (SSSR count). The van der Waals surface area contributed by atoms with E-state index in [4.69, 9.17) is 11.6 Å². The first kappa shape index (κ1) is 14.0. The number of hydrogen-bond acceptors (Lipinski definition) is 1. The van der Waals surface area contributed by atoms with Gasteiger partial charge < -0.3 is 5.32 Å². The predicted molar refractivity (Wildman–Crippen MR) is 74.1 cm³/mol. The molecule has 1 unspecified atom stereocenters. The van der Waals surface area contributed by atoms with Crippen LogP contribution in [0.25, 0.3) is 0 Å². The lowest BCUT2D eigenvalue weighted by Gasteiger charge is -2.07. The number of halogens is 3. The van der Waals surface area contributed by atoms with Crippen molar-refractivity contribution >= 4 is 49.4 Å². The predicted octanol–water partition coefficient (Wildman–Crippen LogP) is 3.96. The average molecular weight is 369 g/mol. The quantitative estimate of drug-likeness (QED) is 0.800. The van der Waals surface area contributed by atoms with Gasteiger partial charge in [-0.25, -0.2) is 0 Å². The lowest BCUT2D eigenvalue weighted by Crippen LogP contribution is -2.25. The molecule has 0 saturated carbocycles. The average Bonchev–Trinajstić information content (AvgIpc) is 2.15. The van der Waals surface area contributed by atoms with Crippen molar-refractivity contribution in [3.05, 3.63) is 32.7 Å². The van der Waals surface area contributed by atoms with Crippen LogP contribution >= 0.6 is 43.5 Å². The van der Waals surface area contributed by atoms with Gasteiger partial charge in [0.25, 0.3) is 5.91 Å². The highest BCUT2D eigenvalue weighted by atomic mass is 79.9. The molecule has 2 nitrogen and oxygen atoms in total. The standard InChI is InChI=1S/C11H12Br2ClNO/c1-7(14)2-3-15-11(16)8-4-9(12)6-10(13)5-8/h4-7H,2-3H2,1H3,(H,15,16). The number of benzene rings is 1. The number of hydrogen-bond donors (Lipinski definition) is 1. The molecule has 1 aromatic carbocycles. The molecule has 1 aromatic rings. The van der Waals surface area contributed by atoms with E-state index in [1.54, 1.807) is 12.1 Å². The molecule has 1 atom stereocenters. The summed E-state index contributed by atoms with van der Waals surface area (Å²) >= 11 is 12.5. The molecule has 1 amide bonds. The molecule has 1 N–H and O–H groups in total. The topological polar surface area (TPSA) is 29.1 Å². The maximum atomic E-state index is 11.7. The van der Waals surface area contributed by atoms with E-state index in [9.17, 15) is 4.79 Å². The van der Waals surface area contributed by atoms with Crippen molar-refractivity contribution in [1.82, 2.24) is 5.32 Å². The first-order valence-corrected chi connectivity index (χ1v) is 6.89. The van der Waals surface area contributed by atoms with Gasteiger partial charge in [-0.05, 0) is 31.5 Å². The molecule has 0 spiro atoms. The van der Waals surface area contributed by atoms with Crippen molar-refractivity contribution in [3.8, 4) is 0 Å². The number of carbonyl (C=O) groups is 1. The number of nitrogens with one attached hydrogen (secondary N) is 1. The third-order valence-electron chi connectivity index (χ3n) is 1.95. The third-order valence-corrected chi connectivity index (χ3v) is 3.09. The fourth-order valence-corrected chi connectivity index (χ4v) is 2.57. The Hall–Kier alpha value is -0.0600. The number of carbonyl (C=O) groups excluding carboxylic acids is 1. The molecule has 0 fully saturated rings. The zero-order chi connectivity index (χ0) is 12.1. The van der Waals surface area contributed by atoms with Crippen LogP contribution in [0.2, 0.25) is 0 Å². The molecule has 16 heavy (non-hydrogen) atoms. The van der Waals surface area contributed by atoms with Crippen LogP contribution in [0.5, 0.6) is 0 Å². The molecule has 0 aliphatic heterocycles. The van der Waals surface area contributed by atoms with Crippen molar-refractivity contribution in [2.45, 2.75) is 18.7 Å². The third kappa shape index (κ3) is 4.85. The molecular formula is C11H12Br2ClNO. The van der Waals surface area contributed by atoms with E-state index < -0.39 is 0 Å². The molecule has 0 bridgehead atoms. The largest absolute Gasteiger partial charge is 0.352 e. The Morgan fingerprint density at radius 1 is 1.38 bits per heavy atom. The lowest BCUT2D eigenvalue weighted by molar-refractivity contribution is 0.0953. The first-order chi connectivity index (χ1) is 7.49. The van der Waals surface area contributed by atoms with E-state index in [2.05, 4.69) is 37.2 Å². The van der Waals surface area contributed by atoms with Crippen LogP contribution in [0, 0.1) is 0 Å². The number of rotatable bonds is 4. The van der Waals surface area contributed by atoms with E-state index in [-0.39, 0.29) is 11.3 Å². The Labute approximate surface area is 117 Å². The van der Waals surface area contributed by atoms with E-state index in [1.165, 1.54) is 0 Å². The Kier molecular flexibility index (Phi) is 5.79. The van der Waals surface area contributed by atoms with Gasteiger partial charge in [-0.15, -0.1) is 11.6 Å². The summed E-state index contributed by atoms with van der Waals surface area (Å²) in [4.78, 5) is 11.7. The maximum Gasteiger partial charge on any atom is 0.251 e. The van der Waals surface area contributed by atoms with Crippen molar-refractivity contribution in [1.29, 1.82) is 0 Å². The molecule has 5 heteroatoms. The fraction of sp³-hybridized carbons (Fsp3) is 0.364. The molecule has 88 valence electrons. The number of alkyl halides is 1. The Morgan fingerprint density at radius 2 is 1.94 bits per heavy atom. The Balaban J connectivity index is 2.59. The van der Waals surface area contributed by atoms with Gasteiger partial charge >= 0.3 is 0 Å². The van der Waals surface area contributed by atoms with E-state index in [1.807, 2.05) is 13.0 Å². The monoisotopic (exact) mass is 367 g/mol. The fourth-order valence-electron chi connectivity index (χ4n) is 1.17. The molecule has 0 saturated heterocycles. The van der Waals surface area contributed by atoms with Crippen LogP contribution in [0.4, 0.5) is 0 Å². The zero-order valence-corrected chi connectivity index (χ0v) is 12.7. The van der Waals surface area contributed by atoms with Crippen molar-refractivity contribution in [2.75, 3.05) is 6.54 Å². The molecule has 0 aliphatic rings. The lowest BCUT2D eigenvalue weighted by atomic mass is 10.2. The summed E-state index contributed by atoms with van der Waals surface area (Å²) in [5, 5.41) is 2.90. The van der Waals surface area contributed by atoms with Crippen LogP contribution in [0.3, 0.4) is 0 Å². The minimum absolute atomic E-state index is 0.0783. The Morgan fingerprint density at radius 3 is 2.44 bits per heavy atom. The second-order valence-electron chi connectivity index (χ2n) is 3.48. The van der Waals surface area contributed by atoms with Gasteiger partial charge in [0, 0.05) is 26.4 Å². The highest BCUT2D eigenvalue weighted by Crippen LogP contribution is 2.19. The second kappa shape index (κ2) is 6.62. The summed E-state index contributed by atoms with van der Waals surface area (Å²) in [5.74, 6) is -0.0840. The minimum atomic E-state index is -0.0840. The first-order valence-electron chi connectivity index (χ1n) is 4.87. The minimum Gasteiger partial charge on any atom is -0.352 e. The van der Waals surface area contributed by atoms with Crippen LogP contribution in [0.15, 0.2) is 27.1 Å². The van der Waals surface area contributed by atoms with Crippen LogP contribution in [0.1, 0.15) is 23.7 Å². The summed E-state index contributed by atoms with van der Waals surface area (Å²) in [5.41, 5.74) is 0.628. The van der Waals surface area contributed by atoms with Gasteiger partial charge in [-0.2, -0.15) is 0 Å². The van der Waals surface area contributed by atoms with Crippen molar-refractivity contribution in [2.24, 2.45) is 0 Å². The highest BCUT2D eigenvalue weighted by molar-refractivity contribution is 9.11. The van der Waals surface area contributed by atoms with Crippen LogP contribution in [-0.2, 0) is 0 Å². The van der Waals surface area contributed by atoms with Crippen molar-refractivity contribution < 1.29 is 4.79 Å². The van der Waals surface area contributed by atoms with Gasteiger partial charge in [0.15, 0.2) is 0 Å². The van der Waals surface area contributed by atoms with Crippen LogP contribution < -0.4 is 5.32 Å². The number of amides is 1. The summed E-state index contributed by atoms with van der Waals surface area (Å²) in [6.45, 7) is 2.50. The van der Waals surface area contributed by atoms with Crippen molar-refractivity contribution in [3.63, 3.8) is 0 Å². The normalized spacial score (nSPS) is 12.2. The van der Waals surface area contributed by atoms with E-state index in [0.717, 1.165) is 15.4 Å². The molecule has 0 heterocycles. The SMILES string of the molecule is CC(Cl)CCNC(=O)c1cc(Br)cc(Br)c1. The summed E-state index contributed by atoms with van der Waals surface area (Å²) in [6, 6.07) is 5.45. The Bertz CT molecular complexity index is 362. The highest BCUT2D eigenvalue weighted by Gasteiger charge is 2.07. The van der Waals surface area contributed by atoms with Gasteiger partial charge in [0.2, 0.25) is 0 Å². The van der Waals surface area contributed by atoms with E-state index in [0.29, 0.717) is 12.1 Å². The summed E-state index contributed by atoms with van der Waals surface area (Å²) in [7, 11) is 0. The van der Waals surface area contributed by atoms with Gasteiger partial charge in [0.1, 0.15) is 0 Å². The zero-order valence-electron chi connectivity index (χ0n) is 8.77. The van der Waals surface area contributed by atoms with Gasteiger partial charge in [-0.1, -0.05) is 31.9 Å². The molecule has 0 radical (unpaired) electrons. The second-order valence-corrected chi connectivity index (χ2v) is 6.06. The summed E-state index contributed by atoms with van der Waals surface area (Å²) in [6.07, 6.45) is 0.766. The molecule has 0 aromatic heterocycles. The summed E-state index contributed by atoms with van der Waals surface area (Å²) < 4.78 is 1.75. The molecular weight excluding hydrogens is 357 g/mol. The molecule has 0 aliphatic carbocycles. The smallest absolute Gasteiger partial charge is 0.251 e. The van der Waals surface area contributed by atoms with E-state index >= 15 is 0 Å². The maximum absolute atomic E-state index is 11.7. The van der Waals surface area contributed by atoms with Gasteiger partial charge in [0.05, 0.1) is 0 Å². The van der Waals surface area contributed by atoms with Crippen LogP contribution in [-0.4, -0.2) is 17.8 Å². The van der Waals surface area contributed by atoms with Gasteiger partial charge in [-0.3, -0.25) is 4.79 Å².